The lowest BCUT2D eigenvalue weighted by Crippen LogP contribution is -2.02. The predicted octanol–water partition coefficient (Wildman–Crippen LogP) is 7.25. The number of allylic oxidation sites excluding steroid dienone is 1. The van der Waals surface area contributed by atoms with Crippen molar-refractivity contribution in [2.45, 2.75) is 25.7 Å². The van der Waals surface area contributed by atoms with Gasteiger partial charge in [-0.15, -0.1) is 0 Å². The molecule has 0 aliphatic heterocycles. The number of hydrogen-bond acceptors (Lipinski definition) is 0. The number of hydrogen-bond donors (Lipinski definition) is 0. The molecule has 0 bridgehead atoms. The average molecular weight is 361 g/mol. The van der Waals surface area contributed by atoms with E-state index >= 15 is 0 Å². The molecule has 0 unspecified atom stereocenters. The van der Waals surface area contributed by atoms with Gasteiger partial charge in [-0.1, -0.05) is 97.1 Å². The van der Waals surface area contributed by atoms with Gasteiger partial charge in [0.05, 0.1) is 0 Å². The summed E-state index contributed by atoms with van der Waals surface area (Å²) in [5.74, 6) is 0. The van der Waals surface area contributed by atoms with Crippen LogP contribution in [-0.4, -0.2) is 0 Å². The summed E-state index contributed by atoms with van der Waals surface area (Å²) >= 11 is 0. The first-order valence-electron chi connectivity index (χ1n) is 10.2. The Morgan fingerprint density at radius 1 is 0.500 bits per heavy atom. The Morgan fingerprint density at radius 2 is 1.14 bits per heavy atom. The smallest absolute Gasteiger partial charge is 0.0109 e. The van der Waals surface area contributed by atoms with E-state index < -0.39 is 0 Å². The fourth-order valence-electron chi connectivity index (χ4n) is 4.47. The zero-order valence-corrected chi connectivity index (χ0v) is 16.1. The lowest BCUT2D eigenvalue weighted by atomic mass is 9.86. The second-order valence-electron chi connectivity index (χ2n) is 7.61. The van der Waals surface area contributed by atoms with Gasteiger partial charge in [0, 0.05) is 0 Å². The van der Waals surface area contributed by atoms with Crippen molar-refractivity contribution in [1.29, 1.82) is 0 Å². The summed E-state index contributed by atoms with van der Waals surface area (Å²) in [7, 11) is 0. The molecule has 6 rings (SSSR count). The van der Waals surface area contributed by atoms with Crippen molar-refractivity contribution < 1.29 is 0 Å². The Morgan fingerprint density at radius 3 is 1.89 bits per heavy atom. The predicted molar refractivity (Wildman–Crippen MR) is 121 cm³/mol. The van der Waals surface area contributed by atoms with E-state index in [1.807, 2.05) is 0 Å². The Labute approximate surface area is 167 Å². The third kappa shape index (κ3) is 3.16. The maximum Gasteiger partial charge on any atom is -0.0109 e. The van der Waals surface area contributed by atoms with E-state index in [2.05, 4.69) is 97.1 Å². The number of benzene rings is 4. The molecule has 4 aromatic rings. The monoisotopic (exact) mass is 360 g/mol. The van der Waals surface area contributed by atoms with E-state index in [0.717, 1.165) is 0 Å². The van der Waals surface area contributed by atoms with Crippen molar-refractivity contribution in [1.82, 2.24) is 0 Å². The van der Waals surface area contributed by atoms with Gasteiger partial charge in [-0.05, 0) is 69.8 Å². The molecular formula is C28H24. The first kappa shape index (κ1) is 17.0. The van der Waals surface area contributed by atoms with Crippen LogP contribution in [0.4, 0.5) is 0 Å². The highest BCUT2D eigenvalue weighted by Gasteiger charge is 2.13. The molecule has 0 nitrogen and oxygen atoms in total. The lowest BCUT2D eigenvalue weighted by molar-refractivity contribution is 0.942. The molecule has 0 saturated heterocycles. The summed E-state index contributed by atoms with van der Waals surface area (Å²) < 4.78 is 0. The van der Waals surface area contributed by atoms with Crippen LogP contribution in [0.1, 0.15) is 28.7 Å². The molecule has 0 atom stereocenters. The first-order chi connectivity index (χ1) is 13.9. The van der Waals surface area contributed by atoms with Gasteiger partial charge in [-0.25, -0.2) is 0 Å². The molecule has 0 fully saturated rings. The second-order valence-corrected chi connectivity index (χ2v) is 7.61. The van der Waals surface area contributed by atoms with Crippen molar-refractivity contribution in [2.75, 3.05) is 0 Å². The third-order valence-electron chi connectivity index (χ3n) is 5.91. The molecule has 0 aromatic heterocycles. The zero-order valence-electron chi connectivity index (χ0n) is 16.1. The molecule has 2 aliphatic carbocycles. The Hall–Kier alpha value is -3.12. The van der Waals surface area contributed by atoms with Crippen LogP contribution in [0.3, 0.4) is 0 Å². The van der Waals surface area contributed by atoms with Gasteiger partial charge in [0.1, 0.15) is 0 Å². The van der Waals surface area contributed by atoms with Crippen LogP contribution in [0.5, 0.6) is 0 Å². The summed E-state index contributed by atoms with van der Waals surface area (Å²) in [6.07, 6.45) is 9.29. The molecular weight excluding hydrogens is 336 g/mol. The van der Waals surface area contributed by atoms with Gasteiger partial charge in [0.25, 0.3) is 0 Å². The van der Waals surface area contributed by atoms with E-state index in [1.54, 1.807) is 0 Å². The minimum atomic E-state index is 1.19. The van der Waals surface area contributed by atoms with Crippen molar-refractivity contribution >= 4 is 16.8 Å². The lowest BCUT2D eigenvalue weighted by Gasteiger charge is -2.19. The SMILES string of the molecule is C1=Cc2c(ccc3ccccc23)CC1.c1ccc2c(c1)CCc1ccccc1-2. The quantitative estimate of drug-likeness (QED) is 0.310. The molecule has 136 valence electrons. The summed E-state index contributed by atoms with van der Waals surface area (Å²) in [6.45, 7) is 0. The van der Waals surface area contributed by atoms with E-state index in [1.165, 1.54) is 69.8 Å². The van der Waals surface area contributed by atoms with Crippen LogP contribution < -0.4 is 0 Å². The van der Waals surface area contributed by atoms with Crippen LogP contribution in [0.15, 0.2) is 91.0 Å². The third-order valence-corrected chi connectivity index (χ3v) is 5.91. The van der Waals surface area contributed by atoms with E-state index in [4.69, 9.17) is 0 Å². The van der Waals surface area contributed by atoms with Gasteiger partial charge in [-0.3, -0.25) is 0 Å². The van der Waals surface area contributed by atoms with Crippen LogP contribution >= 0.6 is 0 Å². The van der Waals surface area contributed by atoms with Gasteiger partial charge in [-0.2, -0.15) is 0 Å². The highest BCUT2D eigenvalue weighted by Crippen LogP contribution is 2.32. The standard InChI is InChI=1S/2C14H12/c2*1-3-7-13-11(5-1)9-10-12-6-2-4-8-14(12)13/h1,3-5,7-10H,2,6H2;1-8H,9-10H2. The second kappa shape index (κ2) is 7.48. The summed E-state index contributed by atoms with van der Waals surface area (Å²) in [4.78, 5) is 0. The number of rotatable bonds is 0. The molecule has 4 aromatic carbocycles. The molecule has 0 spiro atoms. The fourth-order valence-corrected chi connectivity index (χ4v) is 4.47. The molecule has 28 heavy (non-hydrogen) atoms. The molecule has 0 heterocycles. The summed E-state index contributed by atoms with van der Waals surface area (Å²) in [5, 5.41) is 2.73. The Bertz CT molecular complexity index is 1120. The van der Waals surface area contributed by atoms with E-state index in [9.17, 15) is 0 Å². The van der Waals surface area contributed by atoms with Gasteiger partial charge >= 0.3 is 0 Å². The van der Waals surface area contributed by atoms with Crippen molar-refractivity contribution in [3.8, 4) is 11.1 Å². The first-order valence-corrected chi connectivity index (χ1v) is 10.2. The van der Waals surface area contributed by atoms with Crippen molar-refractivity contribution in [3.63, 3.8) is 0 Å². The van der Waals surface area contributed by atoms with E-state index in [0.29, 0.717) is 0 Å². The minimum absolute atomic E-state index is 1.19. The molecule has 0 radical (unpaired) electrons. The topological polar surface area (TPSA) is 0 Å². The Kier molecular flexibility index (Phi) is 4.54. The number of fused-ring (bicyclic) bond motifs is 6. The highest BCUT2D eigenvalue weighted by atomic mass is 14.2. The van der Waals surface area contributed by atoms with Gasteiger partial charge in [0.2, 0.25) is 0 Å². The van der Waals surface area contributed by atoms with Crippen LogP contribution in [-0.2, 0) is 19.3 Å². The summed E-state index contributed by atoms with van der Waals surface area (Å²) in [6, 6.07) is 30.6. The largest absolute Gasteiger partial charge is 0.0836 e. The molecule has 0 N–H and O–H groups in total. The zero-order chi connectivity index (χ0) is 18.8. The summed E-state index contributed by atoms with van der Waals surface area (Å²) in [5.41, 5.74) is 8.75. The molecule has 0 heteroatoms. The maximum absolute atomic E-state index is 2.27. The Balaban J connectivity index is 0.000000122. The fraction of sp³-hybridized carbons (Fsp3) is 0.143. The van der Waals surface area contributed by atoms with Crippen molar-refractivity contribution in [3.05, 3.63) is 113 Å². The highest BCUT2D eigenvalue weighted by molar-refractivity contribution is 5.92. The van der Waals surface area contributed by atoms with E-state index in [-0.39, 0.29) is 0 Å². The average Bonchev–Trinajstić information content (AvgIpc) is 2.79. The molecule has 0 amide bonds. The molecule has 0 saturated carbocycles. The van der Waals surface area contributed by atoms with Crippen LogP contribution in [0.25, 0.3) is 28.0 Å². The van der Waals surface area contributed by atoms with Gasteiger partial charge in [0.15, 0.2) is 0 Å². The van der Waals surface area contributed by atoms with Crippen LogP contribution in [0, 0.1) is 0 Å². The van der Waals surface area contributed by atoms with Crippen LogP contribution in [0.2, 0.25) is 0 Å². The molecule has 2 aliphatic rings. The van der Waals surface area contributed by atoms with Gasteiger partial charge < -0.3 is 0 Å². The number of aryl methyl sites for hydroxylation is 3. The maximum atomic E-state index is 2.27. The minimum Gasteiger partial charge on any atom is -0.0836 e. The van der Waals surface area contributed by atoms with Crippen molar-refractivity contribution in [2.24, 2.45) is 0 Å². The normalized spacial score (nSPS) is 13.7.